The SMILES string of the molecule is c1ccc(-c2ccc(N(c3ccc4c(c3)oc3cccc(-c5nc(-c6cccc(-c7ccccc7)c6)c6ccccc6n5)c34)c3cc4ccccc4c4ccccc34)cc2)cc1. The third kappa shape index (κ3) is 6.08. The molecule has 0 atom stereocenters. The number of nitrogens with zero attached hydrogens (tertiary/aromatic N) is 3. The molecule has 0 saturated carbocycles. The number of benzene rings is 10. The van der Waals surface area contributed by atoms with Crippen molar-refractivity contribution in [3.05, 3.63) is 224 Å². The Balaban J connectivity index is 1.03. The van der Waals surface area contributed by atoms with Crippen LogP contribution in [0.2, 0.25) is 0 Å². The minimum Gasteiger partial charge on any atom is -0.456 e. The van der Waals surface area contributed by atoms with Crippen molar-refractivity contribution in [1.29, 1.82) is 0 Å². The maximum Gasteiger partial charge on any atom is 0.161 e. The van der Waals surface area contributed by atoms with Gasteiger partial charge in [0.25, 0.3) is 0 Å². The fourth-order valence-electron chi connectivity index (χ4n) is 9.11. The Morgan fingerprint density at radius 1 is 0.355 bits per heavy atom. The average Bonchev–Trinajstić information content (AvgIpc) is 3.73. The Labute approximate surface area is 358 Å². The summed E-state index contributed by atoms with van der Waals surface area (Å²) < 4.78 is 6.80. The molecular weight excluding hydrogens is 755 g/mol. The van der Waals surface area contributed by atoms with E-state index < -0.39 is 0 Å². The molecule has 0 fully saturated rings. The number of hydrogen-bond donors (Lipinski definition) is 0. The van der Waals surface area contributed by atoms with E-state index in [0.717, 1.165) is 72.3 Å². The van der Waals surface area contributed by atoms with Gasteiger partial charge in [-0.25, -0.2) is 9.97 Å². The molecule has 4 nitrogen and oxygen atoms in total. The van der Waals surface area contributed by atoms with Gasteiger partial charge in [-0.15, -0.1) is 0 Å². The summed E-state index contributed by atoms with van der Waals surface area (Å²) >= 11 is 0. The number of fused-ring (bicyclic) bond motifs is 7. The van der Waals surface area contributed by atoms with Crippen LogP contribution in [-0.4, -0.2) is 9.97 Å². The second-order valence-corrected chi connectivity index (χ2v) is 15.7. The Kier molecular flexibility index (Phi) is 8.46. The van der Waals surface area contributed by atoms with Gasteiger partial charge in [-0.3, -0.25) is 0 Å². The summed E-state index contributed by atoms with van der Waals surface area (Å²) in [5.74, 6) is 0.656. The van der Waals surface area contributed by atoms with Crippen molar-refractivity contribution in [1.82, 2.24) is 9.97 Å². The van der Waals surface area contributed by atoms with Gasteiger partial charge in [0.1, 0.15) is 11.2 Å². The Bertz CT molecular complexity index is 3630. The van der Waals surface area contributed by atoms with Crippen molar-refractivity contribution in [2.24, 2.45) is 0 Å². The number of hydrogen-bond acceptors (Lipinski definition) is 4. The molecule has 0 N–H and O–H groups in total. The van der Waals surface area contributed by atoms with Crippen LogP contribution in [0.3, 0.4) is 0 Å². The van der Waals surface area contributed by atoms with Crippen LogP contribution in [0.1, 0.15) is 0 Å². The first-order valence-electron chi connectivity index (χ1n) is 21.0. The van der Waals surface area contributed by atoms with Crippen LogP contribution in [-0.2, 0) is 0 Å². The van der Waals surface area contributed by atoms with Crippen molar-refractivity contribution in [3.63, 3.8) is 0 Å². The Hall–Kier alpha value is -8.34. The first-order valence-corrected chi connectivity index (χ1v) is 21.0. The molecule has 290 valence electrons. The van der Waals surface area contributed by atoms with Crippen LogP contribution in [0.5, 0.6) is 0 Å². The van der Waals surface area contributed by atoms with E-state index in [2.05, 4.69) is 205 Å². The molecule has 2 aromatic heterocycles. The summed E-state index contributed by atoms with van der Waals surface area (Å²) in [6, 6.07) is 79.2. The van der Waals surface area contributed by atoms with Gasteiger partial charge >= 0.3 is 0 Å². The highest BCUT2D eigenvalue weighted by Crippen LogP contribution is 2.45. The van der Waals surface area contributed by atoms with E-state index in [0.29, 0.717) is 5.82 Å². The molecule has 12 rings (SSSR count). The molecule has 4 heteroatoms. The summed E-state index contributed by atoms with van der Waals surface area (Å²) in [6.07, 6.45) is 0. The molecule has 0 aliphatic carbocycles. The second kappa shape index (κ2) is 14.7. The fraction of sp³-hybridized carbons (Fsp3) is 0. The lowest BCUT2D eigenvalue weighted by Crippen LogP contribution is -2.10. The predicted molar refractivity (Wildman–Crippen MR) is 258 cm³/mol. The number of anilines is 3. The van der Waals surface area contributed by atoms with E-state index in [4.69, 9.17) is 14.4 Å². The predicted octanol–water partition coefficient (Wildman–Crippen LogP) is 16.0. The van der Waals surface area contributed by atoms with Crippen LogP contribution < -0.4 is 4.90 Å². The van der Waals surface area contributed by atoms with Gasteiger partial charge in [-0.1, -0.05) is 170 Å². The summed E-state index contributed by atoms with van der Waals surface area (Å²) in [4.78, 5) is 12.9. The van der Waals surface area contributed by atoms with Gasteiger partial charge in [-0.05, 0) is 86.9 Å². The molecule has 0 saturated heterocycles. The van der Waals surface area contributed by atoms with Gasteiger partial charge in [-0.2, -0.15) is 0 Å². The lowest BCUT2D eigenvalue weighted by atomic mass is 9.98. The third-order valence-corrected chi connectivity index (χ3v) is 12.0. The van der Waals surface area contributed by atoms with Gasteiger partial charge in [0.15, 0.2) is 5.82 Å². The number of rotatable bonds is 7. The summed E-state index contributed by atoms with van der Waals surface area (Å²) in [5, 5.41) is 7.80. The van der Waals surface area contributed by atoms with E-state index >= 15 is 0 Å². The lowest BCUT2D eigenvalue weighted by Gasteiger charge is -2.27. The van der Waals surface area contributed by atoms with Crippen LogP contribution in [0, 0.1) is 0 Å². The zero-order chi connectivity index (χ0) is 41.0. The molecule has 0 aliphatic rings. The van der Waals surface area contributed by atoms with Crippen LogP contribution in [0.15, 0.2) is 229 Å². The standard InChI is InChI=1S/C58H37N3O/c1-3-15-38(16-4-1)40-29-31-44(32-30-40)61(53-36-42-19-7-8-22-46(42)47-23-9-10-24-48(47)53)45-33-34-50-55(37-45)62-54-28-14-26-51(56(50)54)58-59-52-27-12-11-25-49(52)57(60-58)43-21-13-20-41(35-43)39-17-5-2-6-18-39/h1-37H. The molecule has 0 unspecified atom stereocenters. The van der Waals surface area contributed by atoms with E-state index in [1.54, 1.807) is 0 Å². The molecule has 0 radical (unpaired) electrons. The molecular formula is C58H37N3O. The molecule has 2 heterocycles. The van der Waals surface area contributed by atoms with Gasteiger partial charge in [0.2, 0.25) is 0 Å². The average molecular weight is 792 g/mol. The smallest absolute Gasteiger partial charge is 0.161 e. The summed E-state index contributed by atoms with van der Waals surface area (Å²) in [5.41, 5.74) is 13.1. The lowest BCUT2D eigenvalue weighted by molar-refractivity contribution is 0.669. The van der Waals surface area contributed by atoms with Gasteiger partial charge in [0, 0.05) is 50.1 Å². The quantitative estimate of drug-likeness (QED) is 0.151. The van der Waals surface area contributed by atoms with E-state index in [9.17, 15) is 0 Å². The fourth-order valence-corrected chi connectivity index (χ4v) is 9.11. The summed E-state index contributed by atoms with van der Waals surface area (Å²) in [6.45, 7) is 0. The number of para-hydroxylation sites is 1. The largest absolute Gasteiger partial charge is 0.456 e. The van der Waals surface area contributed by atoms with Gasteiger partial charge < -0.3 is 9.32 Å². The normalized spacial score (nSPS) is 11.5. The van der Waals surface area contributed by atoms with E-state index in [-0.39, 0.29) is 0 Å². The third-order valence-electron chi connectivity index (χ3n) is 12.0. The highest BCUT2D eigenvalue weighted by molar-refractivity contribution is 6.16. The van der Waals surface area contributed by atoms with Crippen molar-refractivity contribution < 1.29 is 4.42 Å². The second-order valence-electron chi connectivity index (χ2n) is 15.7. The van der Waals surface area contributed by atoms with Gasteiger partial charge in [0.05, 0.1) is 16.9 Å². The first kappa shape index (κ1) is 35.6. The molecule has 0 spiro atoms. The Morgan fingerprint density at radius 3 is 1.77 bits per heavy atom. The van der Waals surface area contributed by atoms with Crippen molar-refractivity contribution in [2.45, 2.75) is 0 Å². The zero-order valence-electron chi connectivity index (χ0n) is 33.6. The first-order chi connectivity index (χ1) is 30.7. The molecule has 62 heavy (non-hydrogen) atoms. The summed E-state index contributed by atoms with van der Waals surface area (Å²) in [7, 11) is 0. The zero-order valence-corrected chi connectivity index (χ0v) is 33.6. The highest BCUT2D eigenvalue weighted by Gasteiger charge is 2.22. The van der Waals surface area contributed by atoms with Crippen LogP contribution in [0.25, 0.3) is 99.3 Å². The molecule has 0 aliphatic heterocycles. The van der Waals surface area contributed by atoms with Crippen molar-refractivity contribution in [2.75, 3.05) is 4.90 Å². The highest BCUT2D eigenvalue weighted by atomic mass is 16.3. The maximum atomic E-state index is 6.80. The molecule has 10 aromatic carbocycles. The minimum absolute atomic E-state index is 0.656. The van der Waals surface area contributed by atoms with E-state index in [1.165, 1.54) is 38.2 Å². The van der Waals surface area contributed by atoms with Crippen LogP contribution >= 0.6 is 0 Å². The monoisotopic (exact) mass is 791 g/mol. The Morgan fingerprint density at radius 2 is 0.968 bits per heavy atom. The maximum absolute atomic E-state index is 6.80. The van der Waals surface area contributed by atoms with Crippen molar-refractivity contribution >= 4 is 71.4 Å². The molecule has 0 amide bonds. The van der Waals surface area contributed by atoms with E-state index in [1.807, 2.05) is 24.3 Å². The van der Waals surface area contributed by atoms with Crippen LogP contribution in [0.4, 0.5) is 17.1 Å². The number of furan rings is 1. The molecule has 0 bridgehead atoms. The topological polar surface area (TPSA) is 42.2 Å². The van der Waals surface area contributed by atoms with Crippen molar-refractivity contribution in [3.8, 4) is 44.9 Å². The molecule has 12 aromatic rings. The minimum atomic E-state index is 0.656. The number of aromatic nitrogens is 2.